The number of hydrogen-bond donors (Lipinski definition) is 0. The van der Waals surface area contributed by atoms with Crippen LogP contribution >= 0.6 is 0 Å². The molecular weight excluding hydrogens is 152 g/mol. The number of hydrogen-bond acceptors (Lipinski definition) is 2. The van der Waals surface area contributed by atoms with Crippen molar-refractivity contribution in [1.29, 1.82) is 0 Å². The molecule has 0 aliphatic carbocycles. The largest absolute Gasteiger partial charge is 0.286 e. The van der Waals surface area contributed by atoms with Gasteiger partial charge < -0.3 is 0 Å². The Bertz CT molecular complexity index is 393. The summed E-state index contributed by atoms with van der Waals surface area (Å²) in [5.41, 5.74) is 4.32. The van der Waals surface area contributed by atoms with Crippen molar-refractivity contribution in [3.8, 4) is 0 Å². The van der Waals surface area contributed by atoms with Crippen LogP contribution in [0, 0.1) is 6.92 Å². The monoisotopic (exact) mass is 164 g/mol. The second kappa shape index (κ2) is 2.41. The Morgan fingerprint density at radius 3 is 2.33 bits per heavy atom. The fourth-order valence-corrected chi connectivity index (χ4v) is 1.60. The van der Waals surface area contributed by atoms with E-state index in [0.717, 1.165) is 11.2 Å². The molecule has 2 aromatic rings. The zero-order valence-corrected chi connectivity index (χ0v) is 7.55. The number of fused-ring (bicyclic) bond motifs is 1. The minimum Gasteiger partial charge on any atom is -0.286 e. The van der Waals surface area contributed by atoms with Crippen molar-refractivity contribution in [3.63, 3.8) is 0 Å². The van der Waals surface area contributed by atoms with Gasteiger partial charge in [0.1, 0.15) is 0 Å². The van der Waals surface area contributed by atoms with E-state index >= 15 is 0 Å². The quantitative estimate of drug-likeness (QED) is 0.603. The van der Waals surface area contributed by atoms with Crippen LogP contribution in [0.2, 0.25) is 0 Å². The first kappa shape index (κ1) is 7.47. The summed E-state index contributed by atoms with van der Waals surface area (Å²) in [4.78, 5) is 0. The predicted octanol–water partition coefficient (Wildman–Crippen LogP) is 3.46. The van der Waals surface area contributed by atoms with E-state index in [0.29, 0.717) is 5.92 Å². The van der Waals surface area contributed by atoms with Crippen molar-refractivity contribution in [3.05, 3.63) is 23.3 Å². The molecule has 0 radical (unpaired) electrons. The van der Waals surface area contributed by atoms with Crippen LogP contribution in [-0.4, -0.2) is 0 Å². The predicted molar refractivity (Wildman–Crippen MR) is 47.3 cm³/mol. The van der Waals surface area contributed by atoms with Crippen molar-refractivity contribution < 1.29 is 9.15 Å². The minimum atomic E-state index is 0.490. The highest BCUT2D eigenvalue weighted by molar-refractivity contribution is 5.76. The van der Waals surface area contributed by atoms with Gasteiger partial charge in [-0.25, -0.2) is 0 Å². The van der Waals surface area contributed by atoms with Crippen LogP contribution in [0.25, 0.3) is 11.2 Å². The molecule has 1 heterocycles. The van der Waals surface area contributed by atoms with E-state index in [-0.39, 0.29) is 0 Å². The van der Waals surface area contributed by atoms with E-state index < -0.39 is 0 Å². The lowest BCUT2D eigenvalue weighted by Crippen LogP contribution is -1.94. The van der Waals surface area contributed by atoms with E-state index in [4.69, 9.17) is 9.15 Å². The summed E-state index contributed by atoms with van der Waals surface area (Å²) >= 11 is 0. The summed E-state index contributed by atoms with van der Waals surface area (Å²) in [6.45, 7) is 6.41. The van der Waals surface area contributed by atoms with E-state index in [9.17, 15) is 0 Å². The van der Waals surface area contributed by atoms with Gasteiger partial charge in [-0.05, 0) is 24.5 Å². The fraction of sp³-hybridized carbons (Fsp3) is 0.400. The smallest absolute Gasteiger partial charge is 0.229 e. The van der Waals surface area contributed by atoms with Gasteiger partial charge in [-0.1, -0.05) is 19.9 Å². The summed E-state index contributed by atoms with van der Waals surface area (Å²) in [6.07, 6.45) is 0. The Hall–Kier alpha value is -1.18. The molecule has 12 heavy (non-hydrogen) atoms. The van der Waals surface area contributed by atoms with Crippen LogP contribution in [0.3, 0.4) is 0 Å². The van der Waals surface area contributed by atoms with Gasteiger partial charge in [0.15, 0.2) is 0 Å². The standard InChI is InChI=1S/C10H12O2/c1-6(2)9-7(3)4-5-8-10(9)12-11-8/h4-6H,1-3H3. The lowest BCUT2D eigenvalue weighted by atomic mass is 9.97. The molecule has 2 heteroatoms. The van der Waals surface area contributed by atoms with Crippen LogP contribution in [-0.2, 0) is 0 Å². The molecule has 1 aromatic carbocycles. The van der Waals surface area contributed by atoms with Crippen molar-refractivity contribution in [2.75, 3.05) is 0 Å². The molecule has 0 aliphatic rings. The molecule has 0 amide bonds. The van der Waals surface area contributed by atoms with Gasteiger partial charge in [-0.3, -0.25) is 9.15 Å². The molecule has 2 rings (SSSR count). The second-order valence-electron chi connectivity index (χ2n) is 3.44. The minimum absolute atomic E-state index is 0.490. The first-order valence-corrected chi connectivity index (χ1v) is 4.18. The molecule has 0 aliphatic heterocycles. The molecule has 64 valence electrons. The van der Waals surface area contributed by atoms with Gasteiger partial charge in [-0.2, -0.15) is 0 Å². The lowest BCUT2D eigenvalue weighted by Gasteiger charge is -2.11. The topological polar surface area (TPSA) is 26.3 Å². The van der Waals surface area contributed by atoms with Gasteiger partial charge in [0.25, 0.3) is 0 Å². The highest BCUT2D eigenvalue weighted by atomic mass is 17.0. The molecule has 0 atom stereocenters. The summed E-state index contributed by atoms with van der Waals surface area (Å²) in [7, 11) is 0. The summed E-state index contributed by atoms with van der Waals surface area (Å²) in [5.74, 6) is 0.490. The van der Waals surface area contributed by atoms with Crippen LogP contribution in [0.4, 0.5) is 0 Å². The highest BCUT2D eigenvalue weighted by Gasteiger charge is 2.15. The van der Waals surface area contributed by atoms with E-state index in [1.54, 1.807) is 0 Å². The molecule has 0 fully saturated rings. The average Bonchev–Trinajstić information content (AvgIpc) is 1.94. The van der Waals surface area contributed by atoms with Gasteiger partial charge in [0.05, 0.1) is 0 Å². The van der Waals surface area contributed by atoms with Crippen molar-refractivity contribution in [2.24, 2.45) is 0 Å². The Labute approximate surface area is 71.1 Å². The van der Waals surface area contributed by atoms with E-state index in [1.807, 2.05) is 6.07 Å². The molecule has 2 nitrogen and oxygen atoms in total. The van der Waals surface area contributed by atoms with Crippen LogP contribution in [0.1, 0.15) is 30.9 Å². The Kier molecular flexibility index (Phi) is 1.50. The van der Waals surface area contributed by atoms with Crippen LogP contribution < -0.4 is 0 Å². The summed E-state index contributed by atoms with van der Waals surface area (Å²) in [6, 6.07) is 4.01. The first-order valence-electron chi connectivity index (χ1n) is 4.18. The number of benzene rings is 1. The number of rotatable bonds is 1. The zero-order valence-electron chi connectivity index (χ0n) is 7.55. The summed E-state index contributed by atoms with van der Waals surface area (Å²) in [5, 5.41) is 0. The van der Waals surface area contributed by atoms with E-state index in [1.165, 1.54) is 11.1 Å². The van der Waals surface area contributed by atoms with Crippen molar-refractivity contribution in [1.82, 2.24) is 0 Å². The SMILES string of the molecule is Cc1ccc2ooc2c1C(C)C. The van der Waals surface area contributed by atoms with Gasteiger partial charge in [0, 0.05) is 5.56 Å². The maximum atomic E-state index is 4.95. The normalized spacial score (nSPS) is 11.7. The Morgan fingerprint density at radius 2 is 1.92 bits per heavy atom. The molecule has 0 saturated carbocycles. The average molecular weight is 164 g/mol. The molecular formula is C10H12O2. The molecule has 0 spiro atoms. The third-order valence-corrected chi connectivity index (χ3v) is 2.17. The third kappa shape index (κ3) is 0.876. The van der Waals surface area contributed by atoms with Crippen LogP contribution in [0.5, 0.6) is 0 Å². The first-order chi connectivity index (χ1) is 5.70. The van der Waals surface area contributed by atoms with E-state index in [2.05, 4.69) is 26.8 Å². The van der Waals surface area contributed by atoms with Crippen molar-refractivity contribution >= 4 is 11.2 Å². The molecule has 0 unspecified atom stereocenters. The fourth-order valence-electron chi connectivity index (χ4n) is 1.60. The second-order valence-corrected chi connectivity index (χ2v) is 3.44. The highest BCUT2D eigenvalue weighted by Crippen LogP contribution is 2.30. The van der Waals surface area contributed by atoms with Crippen LogP contribution in [0.15, 0.2) is 21.3 Å². The van der Waals surface area contributed by atoms with Gasteiger partial charge >= 0.3 is 0 Å². The lowest BCUT2D eigenvalue weighted by molar-refractivity contribution is 0.0578. The zero-order chi connectivity index (χ0) is 8.72. The van der Waals surface area contributed by atoms with Gasteiger partial charge in [0.2, 0.25) is 11.2 Å². The molecule has 0 bridgehead atoms. The van der Waals surface area contributed by atoms with Gasteiger partial charge in [-0.15, -0.1) is 0 Å². The Balaban J connectivity index is 2.70. The number of aryl methyl sites for hydroxylation is 1. The third-order valence-electron chi connectivity index (χ3n) is 2.17. The summed E-state index contributed by atoms with van der Waals surface area (Å²) < 4.78 is 9.77. The maximum absolute atomic E-state index is 4.95. The molecule has 0 N–H and O–H groups in total. The van der Waals surface area contributed by atoms with Crippen molar-refractivity contribution in [2.45, 2.75) is 26.7 Å². The molecule has 0 saturated heterocycles. The Morgan fingerprint density at radius 1 is 1.17 bits per heavy atom. The molecule has 1 aromatic heterocycles. The maximum Gasteiger partial charge on any atom is 0.229 e.